The van der Waals surface area contributed by atoms with E-state index >= 15 is 0 Å². The number of amides is 5. The number of urea groups is 1. The summed E-state index contributed by atoms with van der Waals surface area (Å²) in [5, 5.41) is 15.6. The molecule has 2 aromatic heterocycles. The summed E-state index contributed by atoms with van der Waals surface area (Å²) in [6, 6.07) is 16.0. The molecule has 4 aromatic rings. The van der Waals surface area contributed by atoms with Gasteiger partial charge in [-0.05, 0) is 61.7 Å². The molecular weight excluding hydrogens is 608 g/mol. The van der Waals surface area contributed by atoms with Gasteiger partial charge in [0.15, 0.2) is 0 Å². The molecule has 6 rings (SSSR count). The van der Waals surface area contributed by atoms with Crippen molar-refractivity contribution in [3.05, 3.63) is 83.4 Å². The first-order valence-electron chi connectivity index (χ1n) is 14.8. The predicted molar refractivity (Wildman–Crippen MR) is 175 cm³/mol. The Hall–Kier alpha value is -5.43. The number of aromatic nitrogens is 1. The lowest BCUT2D eigenvalue weighted by Gasteiger charge is -2.32. The summed E-state index contributed by atoms with van der Waals surface area (Å²) < 4.78 is 5.97. The van der Waals surface area contributed by atoms with E-state index in [1.807, 2.05) is 55.5 Å². The van der Waals surface area contributed by atoms with Gasteiger partial charge in [0, 0.05) is 45.0 Å². The Labute approximate surface area is 268 Å². The molecule has 236 valence electrons. The van der Waals surface area contributed by atoms with E-state index in [4.69, 9.17) is 9.84 Å². The Morgan fingerprint density at radius 2 is 1.96 bits per heavy atom. The standard InChI is InChI=1S/C33H32N6O6S/c1-20-18-23(45-22-9-4-3-5-10-22)12-13-24(20)39-25-14-15-34-31-27(25)28(36-32(39)42)29(46-31)30(41)35-21-8-6-17-38(19-21)26(40)11-7-16-37(2)33(43)44/h3-5,7,9-15,18,21H,6,8,16-17,19H2,1-2H3,(H,35,41)(H,36,42)(H,43,44). The number of ether oxygens (including phenoxy) is 1. The van der Waals surface area contributed by atoms with Gasteiger partial charge in [-0.2, -0.15) is 0 Å². The maximum Gasteiger partial charge on any atom is 0.407 e. The number of nitrogens with zero attached hydrogens (tertiary/aromatic N) is 4. The van der Waals surface area contributed by atoms with Gasteiger partial charge in [0.05, 0.1) is 22.4 Å². The summed E-state index contributed by atoms with van der Waals surface area (Å²) in [5.74, 6) is 0.755. The molecule has 0 aliphatic carbocycles. The number of rotatable bonds is 8. The minimum absolute atomic E-state index is 0.0938. The average Bonchev–Trinajstić information content (AvgIpc) is 3.41. The van der Waals surface area contributed by atoms with E-state index in [1.165, 1.54) is 30.5 Å². The van der Waals surface area contributed by atoms with Crippen LogP contribution in [0.5, 0.6) is 11.5 Å². The number of hydrogen-bond acceptors (Lipinski definition) is 7. The third-order valence-electron chi connectivity index (χ3n) is 7.87. The van der Waals surface area contributed by atoms with Crippen LogP contribution >= 0.6 is 11.3 Å². The van der Waals surface area contributed by atoms with Crippen molar-refractivity contribution in [3.8, 4) is 11.5 Å². The molecule has 3 N–H and O–H groups in total. The summed E-state index contributed by atoms with van der Waals surface area (Å²) in [4.78, 5) is 60.6. The topological polar surface area (TPSA) is 144 Å². The fraction of sp³-hybridized carbons (Fsp3) is 0.242. The molecule has 5 amide bonds. The van der Waals surface area contributed by atoms with Gasteiger partial charge in [0.25, 0.3) is 5.91 Å². The van der Waals surface area contributed by atoms with Crippen LogP contribution in [-0.2, 0) is 4.79 Å². The van der Waals surface area contributed by atoms with Gasteiger partial charge in [0.1, 0.15) is 21.2 Å². The van der Waals surface area contributed by atoms with Crippen LogP contribution in [0.1, 0.15) is 28.1 Å². The second kappa shape index (κ2) is 12.9. The lowest BCUT2D eigenvalue weighted by molar-refractivity contribution is -0.127. The van der Waals surface area contributed by atoms with Gasteiger partial charge >= 0.3 is 12.1 Å². The highest BCUT2D eigenvalue weighted by Gasteiger charge is 2.34. The van der Waals surface area contributed by atoms with E-state index in [-0.39, 0.29) is 24.4 Å². The van der Waals surface area contributed by atoms with Crippen molar-refractivity contribution in [3.63, 3.8) is 0 Å². The molecule has 2 aliphatic rings. The lowest BCUT2D eigenvalue weighted by atomic mass is 10.0. The van der Waals surface area contributed by atoms with Crippen molar-refractivity contribution < 1.29 is 29.0 Å². The number of para-hydroxylation sites is 1. The largest absolute Gasteiger partial charge is 0.465 e. The van der Waals surface area contributed by atoms with E-state index in [1.54, 1.807) is 22.1 Å². The third kappa shape index (κ3) is 6.22. The molecule has 0 saturated carbocycles. The number of nitrogens with one attached hydrogen (secondary N) is 2. The molecule has 0 radical (unpaired) electrons. The van der Waals surface area contributed by atoms with Crippen LogP contribution in [0.2, 0.25) is 0 Å². The average molecular weight is 641 g/mol. The smallest absolute Gasteiger partial charge is 0.407 e. The maximum atomic E-state index is 13.6. The zero-order valence-electron chi connectivity index (χ0n) is 25.2. The summed E-state index contributed by atoms with van der Waals surface area (Å²) in [5.41, 5.74) is 2.53. The van der Waals surface area contributed by atoms with Gasteiger partial charge in [-0.1, -0.05) is 24.3 Å². The summed E-state index contributed by atoms with van der Waals surface area (Å²) >= 11 is 1.20. The first-order chi connectivity index (χ1) is 22.2. The zero-order valence-corrected chi connectivity index (χ0v) is 26.0. The van der Waals surface area contributed by atoms with Crippen molar-refractivity contribution >= 4 is 62.6 Å². The van der Waals surface area contributed by atoms with E-state index in [0.717, 1.165) is 10.5 Å². The number of benzene rings is 2. The van der Waals surface area contributed by atoms with E-state index in [2.05, 4.69) is 15.6 Å². The fourth-order valence-corrected chi connectivity index (χ4v) is 6.61. The lowest BCUT2D eigenvalue weighted by Crippen LogP contribution is -2.49. The molecular formula is C33H32N6O6S. The van der Waals surface area contributed by atoms with Crippen LogP contribution < -0.4 is 20.3 Å². The van der Waals surface area contributed by atoms with Crippen LogP contribution in [0, 0.1) is 6.92 Å². The van der Waals surface area contributed by atoms with E-state index in [0.29, 0.717) is 69.6 Å². The van der Waals surface area contributed by atoms with Crippen LogP contribution in [0.3, 0.4) is 0 Å². The van der Waals surface area contributed by atoms with Gasteiger partial charge in [-0.25, -0.2) is 14.6 Å². The van der Waals surface area contributed by atoms with Crippen LogP contribution in [0.4, 0.5) is 26.7 Å². The molecule has 46 heavy (non-hydrogen) atoms. The monoisotopic (exact) mass is 640 g/mol. The molecule has 1 fully saturated rings. The molecule has 1 saturated heterocycles. The second-order valence-electron chi connectivity index (χ2n) is 11.1. The number of piperidine rings is 1. The number of likely N-dealkylation sites (N-methyl/N-ethyl adjacent to an activating group) is 1. The summed E-state index contributed by atoms with van der Waals surface area (Å²) in [6.07, 6.45) is 4.80. The molecule has 13 heteroatoms. The highest BCUT2D eigenvalue weighted by atomic mass is 32.1. The van der Waals surface area contributed by atoms with E-state index in [9.17, 15) is 19.2 Å². The van der Waals surface area contributed by atoms with Crippen molar-refractivity contribution in [2.75, 3.05) is 36.9 Å². The Balaban J connectivity index is 1.19. The number of carbonyl (C=O) groups is 4. The Morgan fingerprint density at radius 1 is 1.15 bits per heavy atom. The predicted octanol–water partition coefficient (Wildman–Crippen LogP) is 5.97. The summed E-state index contributed by atoms with van der Waals surface area (Å²) in [6.45, 7) is 2.85. The van der Waals surface area contributed by atoms with Gasteiger partial charge < -0.3 is 30.3 Å². The van der Waals surface area contributed by atoms with Crippen LogP contribution in [0.15, 0.2) is 72.9 Å². The fourth-order valence-electron chi connectivity index (χ4n) is 5.59. The molecule has 0 spiro atoms. The highest BCUT2D eigenvalue weighted by molar-refractivity contribution is 7.21. The van der Waals surface area contributed by atoms with Crippen molar-refractivity contribution in [2.45, 2.75) is 25.8 Å². The number of carbonyl (C=O) groups excluding carboxylic acids is 3. The molecule has 12 nitrogen and oxygen atoms in total. The first-order valence-corrected chi connectivity index (χ1v) is 15.6. The number of pyridine rings is 1. The Kier molecular flexibility index (Phi) is 8.57. The van der Waals surface area contributed by atoms with Gasteiger partial charge in [0.2, 0.25) is 5.91 Å². The summed E-state index contributed by atoms with van der Waals surface area (Å²) in [7, 11) is 1.42. The minimum atomic E-state index is -1.08. The number of hydrogen-bond donors (Lipinski definition) is 3. The maximum absolute atomic E-state index is 13.6. The Morgan fingerprint density at radius 3 is 2.72 bits per heavy atom. The molecule has 2 aliphatic heterocycles. The van der Waals surface area contributed by atoms with Gasteiger partial charge in [-0.3, -0.25) is 14.5 Å². The number of carboxylic acid groups (broad SMARTS) is 1. The molecule has 4 heterocycles. The van der Waals surface area contributed by atoms with Gasteiger partial charge in [-0.15, -0.1) is 11.3 Å². The number of aryl methyl sites for hydroxylation is 1. The minimum Gasteiger partial charge on any atom is -0.465 e. The number of anilines is 3. The van der Waals surface area contributed by atoms with Crippen LogP contribution in [0.25, 0.3) is 10.2 Å². The first kappa shape index (κ1) is 30.6. The highest BCUT2D eigenvalue weighted by Crippen LogP contribution is 2.46. The normalized spacial score (nSPS) is 16.0. The van der Waals surface area contributed by atoms with Crippen molar-refractivity contribution in [1.82, 2.24) is 20.1 Å². The SMILES string of the molecule is Cc1cc(Oc2ccccc2)ccc1N1C(=O)Nc2c(C(=O)NC3CCCN(C(=O)C=CCN(C)C(=O)O)C3)sc3nccc1c23. The second-order valence-corrected chi connectivity index (χ2v) is 12.1. The number of thiophene rings is 1. The molecule has 1 unspecified atom stereocenters. The van der Waals surface area contributed by atoms with E-state index < -0.39 is 12.1 Å². The zero-order chi connectivity index (χ0) is 32.4. The quantitative estimate of drug-likeness (QED) is 0.201. The third-order valence-corrected chi connectivity index (χ3v) is 8.97. The van der Waals surface area contributed by atoms with Crippen molar-refractivity contribution in [1.29, 1.82) is 0 Å². The van der Waals surface area contributed by atoms with Crippen molar-refractivity contribution in [2.24, 2.45) is 0 Å². The molecule has 1 atom stereocenters. The molecule has 2 aromatic carbocycles. The molecule has 0 bridgehead atoms. The Bertz CT molecular complexity index is 1860. The number of likely N-dealkylation sites (tertiary alicyclic amines) is 1. The van der Waals surface area contributed by atoms with Crippen LogP contribution in [-0.4, -0.2) is 76.6 Å².